The first-order valence-corrected chi connectivity index (χ1v) is 8.87. The van der Waals surface area contributed by atoms with Gasteiger partial charge in [-0.25, -0.2) is 13.1 Å². The van der Waals surface area contributed by atoms with Gasteiger partial charge in [0.15, 0.2) is 0 Å². The lowest BCUT2D eigenvalue weighted by molar-refractivity contribution is 0.371. The fraction of sp³-hybridized carbons (Fsp3) is 0.600. The summed E-state index contributed by atoms with van der Waals surface area (Å²) in [6.45, 7) is 0.797. The van der Waals surface area contributed by atoms with Gasteiger partial charge in [0.2, 0.25) is 10.0 Å². The Morgan fingerprint density at radius 2 is 1.86 bits per heavy atom. The lowest BCUT2D eigenvalue weighted by Gasteiger charge is -2.27. The highest BCUT2D eigenvalue weighted by atomic mass is 35.5. The molecule has 2 rings (SSSR count). The van der Waals surface area contributed by atoms with E-state index in [-0.39, 0.29) is 24.5 Å². The highest BCUT2D eigenvalue weighted by Gasteiger charge is 2.24. The first kappa shape index (κ1) is 19.4. The molecule has 1 aromatic carbocycles. The van der Waals surface area contributed by atoms with Crippen LogP contribution in [0.25, 0.3) is 0 Å². The molecule has 2 unspecified atom stereocenters. The number of benzene rings is 1. The molecule has 0 radical (unpaired) electrons. The highest BCUT2D eigenvalue weighted by Crippen LogP contribution is 2.20. The van der Waals surface area contributed by atoms with Crippen molar-refractivity contribution in [3.63, 3.8) is 0 Å². The Bertz CT molecular complexity index is 561. The number of hydrogen-bond acceptors (Lipinski definition) is 4. The fourth-order valence-electron chi connectivity index (χ4n) is 2.76. The summed E-state index contributed by atoms with van der Waals surface area (Å²) in [4.78, 5) is 2.37. The van der Waals surface area contributed by atoms with Crippen molar-refractivity contribution < 1.29 is 8.42 Å². The van der Waals surface area contributed by atoms with Crippen LogP contribution in [0.15, 0.2) is 29.2 Å². The summed E-state index contributed by atoms with van der Waals surface area (Å²) >= 11 is 0. The van der Waals surface area contributed by atoms with E-state index in [0.29, 0.717) is 4.90 Å². The molecule has 0 heterocycles. The summed E-state index contributed by atoms with van der Waals surface area (Å²) in [6, 6.07) is 7.13. The monoisotopic (exact) mass is 347 g/mol. The predicted molar refractivity (Wildman–Crippen MR) is 91.6 cm³/mol. The third-order valence-electron chi connectivity index (χ3n) is 3.77. The van der Waals surface area contributed by atoms with Crippen molar-refractivity contribution in [1.29, 1.82) is 0 Å². The van der Waals surface area contributed by atoms with Crippen LogP contribution in [0, 0.1) is 0 Å². The average molecular weight is 348 g/mol. The molecular weight excluding hydrogens is 322 g/mol. The standard InChI is InChI=1S/C15H25N3O2S.ClH/c1-18(2)11-12-6-8-15(9-7-12)21(19,20)17-14-5-3-4-13(16)10-14;/h6-9,13-14,17H,3-5,10-11,16H2,1-2H3;1H. The SMILES string of the molecule is CN(C)Cc1ccc(S(=O)(=O)NC2CCCC(N)C2)cc1.Cl. The first-order valence-electron chi connectivity index (χ1n) is 7.38. The zero-order valence-electron chi connectivity index (χ0n) is 13.2. The maximum Gasteiger partial charge on any atom is 0.240 e. The van der Waals surface area contributed by atoms with Gasteiger partial charge in [-0.05, 0) is 51.1 Å². The molecule has 0 spiro atoms. The van der Waals surface area contributed by atoms with Gasteiger partial charge in [0.25, 0.3) is 0 Å². The molecule has 0 aromatic heterocycles. The number of nitrogens with one attached hydrogen (secondary N) is 1. The minimum Gasteiger partial charge on any atom is -0.328 e. The summed E-state index contributed by atoms with van der Waals surface area (Å²) in [5, 5.41) is 0. The van der Waals surface area contributed by atoms with Gasteiger partial charge in [0.05, 0.1) is 4.90 Å². The second kappa shape index (κ2) is 8.26. The number of nitrogens with two attached hydrogens (primary N) is 1. The quantitative estimate of drug-likeness (QED) is 0.850. The van der Waals surface area contributed by atoms with Crippen molar-refractivity contribution in [2.45, 2.75) is 49.2 Å². The van der Waals surface area contributed by atoms with Crippen molar-refractivity contribution in [3.05, 3.63) is 29.8 Å². The zero-order chi connectivity index (χ0) is 15.5. The van der Waals surface area contributed by atoms with E-state index in [1.54, 1.807) is 12.1 Å². The smallest absolute Gasteiger partial charge is 0.240 e. The normalized spacial score (nSPS) is 22.4. The summed E-state index contributed by atoms with van der Waals surface area (Å²) in [6.07, 6.45) is 3.55. The van der Waals surface area contributed by atoms with E-state index in [0.717, 1.165) is 37.8 Å². The Hall–Kier alpha value is -0.660. The van der Waals surface area contributed by atoms with Crippen molar-refractivity contribution >= 4 is 22.4 Å². The van der Waals surface area contributed by atoms with E-state index < -0.39 is 10.0 Å². The Labute approximate surface area is 139 Å². The van der Waals surface area contributed by atoms with E-state index in [1.807, 2.05) is 31.1 Å². The molecule has 0 bridgehead atoms. The van der Waals surface area contributed by atoms with Gasteiger partial charge in [-0.15, -0.1) is 12.4 Å². The number of halogens is 1. The largest absolute Gasteiger partial charge is 0.328 e. The van der Waals surface area contributed by atoms with Gasteiger partial charge in [-0.3, -0.25) is 0 Å². The minimum absolute atomic E-state index is 0. The summed E-state index contributed by atoms with van der Waals surface area (Å²) in [5.74, 6) is 0. The Balaban J connectivity index is 0.00000242. The second-order valence-corrected chi connectivity index (χ2v) is 7.84. The van der Waals surface area contributed by atoms with Crippen molar-refractivity contribution in [1.82, 2.24) is 9.62 Å². The zero-order valence-corrected chi connectivity index (χ0v) is 14.8. The molecule has 0 amide bonds. The van der Waals surface area contributed by atoms with Crippen LogP contribution in [-0.4, -0.2) is 39.5 Å². The minimum atomic E-state index is -3.45. The molecule has 1 fully saturated rings. The number of nitrogens with zero attached hydrogens (tertiary/aromatic N) is 1. The van der Waals surface area contributed by atoms with Crippen molar-refractivity contribution in [2.75, 3.05) is 14.1 Å². The molecule has 2 atom stereocenters. The Morgan fingerprint density at radius 3 is 2.41 bits per heavy atom. The molecule has 5 nitrogen and oxygen atoms in total. The van der Waals surface area contributed by atoms with E-state index in [4.69, 9.17) is 5.73 Å². The number of rotatable bonds is 5. The maximum absolute atomic E-state index is 12.4. The third kappa shape index (κ3) is 5.52. The van der Waals surface area contributed by atoms with Crippen LogP contribution in [0.2, 0.25) is 0 Å². The molecule has 22 heavy (non-hydrogen) atoms. The van der Waals surface area contributed by atoms with Crippen LogP contribution in [0.5, 0.6) is 0 Å². The molecule has 1 aromatic rings. The van der Waals surface area contributed by atoms with E-state index in [9.17, 15) is 8.42 Å². The predicted octanol–water partition coefficient (Wildman–Crippen LogP) is 1.72. The van der Waals surface area contributed by atoms with Gasteiger partial charge in [-0.2, -0.15) is 0 Å². The molecule has 0 aliphatic heterocycles. The van der Waals surface area contributed by atoms with Gasteiger partial charge in [0, 0.05) is 18.6 Å². The van der Waals surface area contributed by atoms with Crippen LogP contribution in [0.3, 0.4) is 0 Å². The van der Waals surface area contributed by atoms with E-state index in [2.05, 4.69) is 4.72 Å². The molecule has 126 valence electrons. The summed E-state index contributed by atoms with van der Waals surface area (Å²) < 4.78 is 27.5. The highest BCUT2D eigenvalue weighted by molar-refractivity contribution is 7.89. The molecular formula is C15H26ClN3O2S. The first-order chi connectivity index (χ1) is 9.87. The molecule has 0 saturated heterocycles. The average Bonchev–Trinajstić information content (AvgIpc) is 2.38. The van der Waals surface area contributed by atoms with Crippen LogP contribution in [0.4, 0.5) is 0 Å². The lowest BCUT2D eigenvalue weighted by atomic mass is 9.92. The van der Waals surface area contributed by atoms with Crippen molar-refractivity contribution in [3.8, 4) is 0 Å². The Kier molecular flexibility index (Phi) is 7.28. The van der Waals surface area contributed by atoms with E-state index >= 15 is 0 Å². The summed E-state index contributed by atoms with van der Waals surface area (Å²) in [7, 11) is 0.522. The van der Waals surface area contributed by atoms with Crippen molar-refractivity contribution in [2.24, 2.45) is 5.73 Å². The molecule has 1 saturated carbocycles. The number of hydrogen-bond donors (Lipinski definition) is 2. The van der Waals surface area contributed by atoms with Gasteiger partial charge in [-0.1, -0.05) is 18.6 Å². The lowest BCUT2D eigenvalue weighted by Crippen LogP contribution is -2.42. The fourth-order valence-corrected chi connectivity index (χ4v) is 4.04. The topological polar surface area (TPSA) is 75.4 Å². The molecule has 7 heteroatoms. The van der Waals surface area contributed by atoms with Gasteiger partial charge < -0.3 is 10.6 Å². The van der Waals surface area contributed by atoms with Crippen LogP contribution in [0.1, 0.15) is 31.2 Å². The van der Waals surface area contributed by atoms with Crippen LogP contribution < -0.4 is 10.5 Å². The Morgan fingerprint density at radius 1 is 1.23 bits per heavy atom. The molecule has 1 aliphatic carbocycles. The van der Waals surface area contributed by atoms with Gasteiger partial charge >= 0.3 is 0 Å². The maximum atomic E-state index is 12.4. The van der Waals surface area contributed by atoms with Crippen LogP contribution in [-0.2, 0) is 16.6 Å². The second-order valence-electron chi connectivity index (χ2n) is 6.13. The third-order valence-corrected chi connectivity index (χ3v) is 5.31. The number of sulfonamides is 1. The van der Waals surface area contributed by atoms with Gasteiger partial charge in [0.1, 0.15) is 0 Å². The molecule has 3 N–H and O–H groups in total. The van der Waals surface area contributed by atoms with Crippen LogP contribution >= 0.6 is 12.4 Å². The molecule has 1 aliphatic rings. The summed E-state index contributed by atoms with van der Waals surface area (Å²) in [5.41, 5.74) is 7.01. The van der Waals surface area contributed by atoms with E-state index in [1.165, 1.54) is 0 Å².